The quantitative estimate of drug-likeness (QED) is 0.811. The van der Waals surface area contributed by atoms with Gasteiger partial charge in [0.25, 0.3) is 0 Å². The predicted octanol–water partition coefficient (Wildman–Crippen LogP) is 2.15. The van der Waals surface area contributed by atoms with Gasteiger partial charge in [0, 0.05) is 6.54 Å². The fraction of sp³-hybridized carbons (Fsp3) is 0.533. The minimum Gasteiger partial charge on any atom is -0.493 e. The van der Waals surface area contributed by atoms with E-state index in [-0.39, 0.29) is 18.3 Å². The molecular formula is C15H25ClN2O2. The Labute approximate surface area is 127 Å². The SMILES string of the molecule is CC(C)COc1ccc(CCNC(=O)[C@H](C)N)cc1.Cl. The van der Waals surface area contributed by atoms with Crippen LogP contribution in [-0.2, 0) is 11.2 Å². The first-order chi connectivity index (χ1) is 8.99. The van der Waals surface area contributed by atoms with Crippen molar-refractivity contribution in [1.82, 2.24) is 5.32 Å². The monoisotopic (exact) mass is 300 g/mol. The van der Waals surface area contributed by atoms with Crippen LogP contribution in [0.2, 0.25) is 0 Å². The second kappa shape index (κ2) is 9.61. The molecule has 0 unspecified atom stereocenters. The van der Waals surface area contributed by atoms with Gasteiger partial charge >= 0.3 is 0 Å². The number of hydrogen-bond donors (Lipinski definition) is 2. The first-order valence-electron chi connectivity index (χ1n) is 6.74. The van der Waals surface area contributed by atoms with Crippen molar-refractivity contribution in [2.24, 2.45) is 11.7 Å². The Morgan fingerprint density at radius 1 is 1.25 bits per heavy atom. The van der Waals surface area contributed by atoms with Crippen LogP contribution >= 0.6 is 12.4 Å². The van der Waals surface area contributed by atoms with E-state index in [1.165, 1.54) is 5.56 Å². The molecule has 1 aromatic rings. The molecule has 0 aliphatic carbocycles. The molecule has 20 heavy (non-hydrogen) atoms. The summed E-state index contributed by atoms with van der Waals surface area (Å²) in [7, 11) is 0. The molecule has 1 atom stereocenters. The number of nitrogens with two attached hydrogens (primary N) is 1. The Hall–Kier alpha value is -1.26. The molecule has 114 valence electrons. The van der Waals surface area contributed by atoms with E-state index >= 15 is 0 Å². The zero-order valence-corrected chi connectivity index (χ0v) is 13.2. The third-order valence-electron chi connectivity index (χ3n) is 2.63. The van der Waals surface area contributed by atoms with Gasteiger partial charge in [-0.1, -0.05) is 26.0 Å². The van der Waals surface area contributed by atoms with Gasteiger partial charge < -0.3 is 15.8 Å². The first-order valence-corrected chi connectivity index (χ1v) is 6.74. The smallest absolute Gasteiger partial charge is 0.236 e. The van der Waals surface area contributed by atoms with Crippen molar-refractivity contribution in [2.75, 3.05) is 13.2 Å². The summed E-state index contributed by atoms with van der Waals surface area (Å²) in [6.07, 6.45) is 0.795. The third kappa shape index (κ3) is 7.36. The van der Waals surface area contributed by atoms with Crippen LogP contribution in [0.3, 0.4) is 0 Å². The van der Waals surface area contributed by atoms with Gasteiger partial charge in [-0.25, -0.2) is 0 Å². The predicted molar refractivity (Wildman–Crippen MR) is 84.4 cm³/mol. The summed E-state index contributed by atoms with van der Waals surface area (Å²) in [4.78, 5) is 11.3. The minimum atomic E-state index is -0.452. The average Bonchev–Trinajstić information content (AvgIpc) is 2.37. The van der Waals surface area contributed by atoms with Crippen LogP contribution < -0.4 is 15.8 Å². The Bertz CT molecular complexity index is 391. The Morgan fingerprint density at radius 2 is 1.85 bits per heavy atom. The van der Waals surface area contributed by atoms with Crippen LogP contribution in [0.5, 0.6) is 5.75 Å². The van der Waals surface area contributed by atoms with E-state index in [1.54, 1.807) is 6.92 Å². The maximum atomic E-state index is 11.3. The second-order valence-electron chi connectivity index (χ2n) is 5.18. The summed E-state index contributed by atoms with van der Waals surface area (Å²) in [5.41, 5.74) is 6.63. The van der Waals surface area contributed by atoms with E-state index in [4.69, 9.17) is 10.5 Å². The lowest BCUT2D eigenvalue weighted by Gasteiger charge is -2.10. The van der Waals surface area contributed by atoms with Gasteiger partial charge in [0.15, 0.2) is 0 Å². The molecule has 0 saturated heterocycles. The van der Waals surface area contributed by atoms with Crippen molar-refractivity contribution in [3.05, 3.63) is 29.8 Å². The van der Waals surface area contributed by atoms with Crippen LogP contribution in [0, 0.1) is 5.92 Å². The van der Waals surface area contributed by atoms with Crippen molar-refractivity contribution in [3.63, 3.8) is 0 Å². The number of halogens is 1. The number of nitrogens with one attached hydrogen (secondary N) is 1. The molecule has 1 aromatic carbocycles. The molecular weight excluding hydrogens is 276 g/mol. The van der Waals surface area contributed by atoms with E-state index in [2.05, 4.69) is 19.2 Å². The van der Waals surface area contributed by atoms with Gasteiger partial charge in [0.1, 0.15) is 5.75 Å². The fourth-order valence-electron chi connectivity index (χ4n) is 1.51. The average molecular weight is 301 g/mol. The Morgan fingerprint density at radius 3 is 2.35 bits per heavy atom. The van der Waals surface area contributed by atoms with E-state index in [0.29, 0.717) is 12.5 Å². The normalized spacial score (nSPS) is 11.7. The van der Waals surface area contributed by atoms with E-state index in [0.717, 1.165) is 18.8 Å². The highest BCUT2D eigenvalue weighted by Gasteiger charge is 2.05. The van der Waals surface area contributed by atoms with E-state index in [9.17, 15) is 4.79 Å². The van der Waals surface area contributed by atoms with E-state index in [1.807, 2.05) is 24.3 Å². The summed E-state index contributed by atoms with van der Waals surface area (Å²) in [5, 5.41) is 2.79. The van der Waals surface area contributed by atoms with Crippen molar-refractivity contribution in [1.29, 1.82) is 0 Å². The lowest BCUT2D eigenvalue weighted by molar-refractivity contribution is -0.121. The highest BCUT2D eigenvalue weighted by Crippen LogP contribution is 2.13. The molecule has 0 spiro atoms. The molecule has 0 aromatic heterocycles. The Kier molecular flexibility index (Phi) is 9.01. The molecule has 0 radical (unpaired) electrons. The molecule has 4 nitrogen and oxygen atoms in total. The molecule has 0 bridgehead atoms. The molecule has 3 N–H and O–H groups in total. The molecule has 1 amide bonds. The molecule has 1 rings (SSSR count). The van der Waals surface area contributed by atoms with Gasteiger partial charge in [-0.15, -0.1) is 12.4 Å². The van der Waals surface area contributed by atoms with Gasteiger partial charge in [-0.05, 0) is 37.0 Å². The van der Waals surface area contributed by atoms with Crippen molar-refractivity contribution >= 4 is 18.3 Å². The molecule has 5 heteroatoms. The Balaban J connectivity index is 0.00000361. The number of ether oxygens (including phenoxy) is 1. The zero-order valence-electron chi connectivity index (χ0n) is 12.4. The number of rotatable bonds is 7. The fourth-order valence-corrected chi connectivity index (χ4v) is 1.51. The summed E-state index contributed by atoms with van der Waals surface area (Å²) < 4.78 is 5.61. The lowest BCUT2D eigenvalue weighted by atomic mass is 10.1. The molecule has 0 aliphatic heterocycles. The maximum Gasteiger partial charge on any atom is 0.236 e. The topological polar surface area (TPSA) is 64.3 Å². The number of hydrogen-bond acceptors (Lipinski definition) is 3. The molecule has 0 aliphatic rings. The van der Waals surface area contributed by atoms with Gasteiger partial charge in [-0.3, -0.25) is 4.79 Å². The summed E-state index contributed by atoms with van der Waals surface area (Å²) in [5.74, 6) is 1.29. The number of amides is 1. The first kappa shape index (κ1) is 18.7. The van der Waals surface area contributed by atoms with Crippen molar-refractivity contribution in [2.45, 2.75) is 33.2 Å². The van der Waals surface area contributed by atoms with Gasteiger partial charge in [0.2, 0.25) is 5.91 Å². The second-order valence-corrected chi connectivity index (χ2v) is 5.18. The number of carbonyl (C=O) groups is 1. The van der Waals surface area contributed by atoms with Crippen LogP contribution in [-0.4, -0.2) is 25.1 Å². The highest BCUT2D eigenvalue weighted by atomic mass is 35.5. The minimum absolute atomic E-state index is 0. The van der Waals surface area contributed by atoms with Crippen LogP contribution in [0.25, 0.3) is 0 Å². The number of benzene rings is 1. The van der Waals surface area contributed by atoms with Gasteiger partial charge in [0.05, 0.1) is 12.6 Å². The van der Waals surface area contributed by atoms with Gasteiger partial charge in [-0.2, -0.15) is 0 Å². The number of carbonyl (C=O) groups excluding carboxylic acids is 1. The van der Waals surface area contributed by atoms with Crippen LogP contribution in [0.4, 0.5) is 0 Å². The largest absolute Gasteiger partial charge is 0.493 e. The molecule has 0 heterocycles. The summed E-state index contributed by atoms with van der Waals surface area (Å²) in [6, 6.07) is 7.52. The van der Waals surface area contributed by atoms with Crippen LogP contribution in [0.15, 0.2) is 24.3 Å². The molecule has 0 saturated carbocycles. The summed E-state index contributed by atoms with van der Waals surface area (Å²) in [6.45, 7) is 7.25. The molecule has 0 fully saturated rings. The van der Waals surface area contributed by atoms with E-state index < -0.39 is 6.04 Å². The highest BCUT2D eigenvalue weighted by molar-refractivity contribution is 5.85. The van der Waals surface area contributed by atoms with Crippen molar-refractivity contribution in [3.8, 4) is 5.75 Å². The van der Waals surface area contributed by atoms with Crippen LogP contribution in [0.1, 0.15) is 26.3 Å². The lowest BCUT2D eigenvalue weighted by Crippen LogP contribution is -2.39. The van der Waals surface area contributed by atoms with Crippen molar-refractivity contribution < 1.29 is 9.53 Å². The summed E-state index contributed by atoms with van der Waals surface area (Å²) >= 11 is 0. The third-order valence-corrected chi connectivity index (χ3v) is 2.63. The zero-order chi connectivity index (χ0) is 14.3. The maximum absolute atomic E-state index is 11.3. The standard InChI is InChI=1S/C15H24N2O2.ClH/c1-11(2)10-19-14-6-4-13(5-7-14)8-9-17-15(18)12(3)16;/h4-7,11-12H,8-10,16H2,1-3H3,(H,17,18);1H/t12-;/m0./s1.